The van der Waals surface area contributed by atoms with Crippen molar-refractivity contribution in [2.24, 2.45) is 0 Å². The van der Waals surface area contributed by atoms with Crippen LogP contribution < -0.4 is 10.1 Å². The van der Waals surface area contributed by atoms with Gasteiger partial charge in [0.15, 0.2) is 11.6 Å². The van der Waals surface area contributed by atoms with Crippen LogP contribution in [0.3, 0.4) is 0 Å². The zero-order chi connectivity index (χ0) is 13.1. The summed E-state index contributed by atoms with van der Waals surface area (Å²) in [7, 11) is 1.35. The summed E-state index contributed by atoms with van der Waals surface area (Å²) in [5.41, 5.74) is 0.416. The highest BCUT2D eigenvalue weighted by molar-refractivity contribution is 5.61. The van der Waals surface area contributed by atoms with Crippen molar-refractivity contribution >= 4 is 11.4 Å². The molecule has 0 aliphatic carbocycles. The van der Waals surface area contributed by atoms with Crippen molar-refractivity contribution in [2.75, 3.05) is 12.4 Å². The predicted octanol–water partition coefficient (Wildman–Crippen LogP) is 3.86. The SMILES string of the molecule is COc1ccc(Nc2ccc(F)cc2F)cc1F. The van der Waals surface area contributed by atoms with E-state index in [4.69, 9.17) is 4.74 Å². The molecule has 0 saturated heterocycles. The molecular weight excluding hydrogens is 243 g/mol. The second-order valence-electron chi connectivity index (χ2n) is 3.60. The van der Waals surface area contributed by atoms with Crippen LogP contribution in [0.1, 0.15) is 0 Å². The molecule has 0 atom stereocenters. The monoisotopic (exact) mass is 253 g/mol. The molecule has 0 bridgehead atoms. The zero-order valence-electron chi connectivity index (χ0n) is 9.51. The quantitative estimate of drug-likeness (QED) is 0.896. The van der Waals surface area contributed by atoms with E-state index in [-0.39, 0.29) is 11.4 Å². The van der Waals surface area contributed by atoms with Crippen LogP contribution in [0.5, 0.6) is 5.75 Å². The maximum absolute atomic E-state index is 13.4. The number of rotatable bonds is 3. The van der Waals surface area contributed by atoms with Gasteiger partial charge in [0.2, 0.25) is 0 Å². The first-order valence-corrected chi connectivity index (χ1v) is 5.16. The minimum absolute atomic E-state index is 0.0703. The predicted molar refractivity (Wildman–Crippen MR) is 62.6 cm³/mol. The fourth-order valence-electron chi connectivity index (χ4n) is 1.49. The first-order valence-electron chi connectivity index (χ1n) is 5.16. The fraction of sp³-hybridized carbons (Fsp3) is 0.0769. The van der Waals surface area contributed by atoms with Crippen LogP contribution >= 0.6 is 0 Å². The Morgan fingerprint density at radius 2 is 1.72 bits per heavy atom. The molecule has 0 fully saturated rings. The largest absolute Gasteiger partial charge is 0.494 e. The van der Waals surface area contributed by atoms with E-state index in [0.717, 1.165) is 12.1 Å². The van der Waals surface area contributed by atoms with Gasteiger partial charge in [0.25, 0.3) is 0 Å². The van der Waals surface area contributed by atoms with E-state index in [0.29, 0.717) is 5.69 Å². The number of benzene rings is 2. The van der Waals surface area contributed by atoms with Crippen molar-refractivity contribution in [1.29, 1.82) is 0 Å². The van der Waals surface area contributed by atoms with Gasteiger partial charge in [-0.15, -0.1) is 0 Å². The molecule has 0 radical (unpaired) electrons. The number of hydrogen-bond donors (Lipinski definition) is 1. The Hall–Kier alpha value is -2.17. The molecule has 5 heteroatoms. The summed E-state index contributed by atoms with van der Waals surface area (Å²) < 4.78 is 44.2. The number of nitrogens with one attached hydrogen (secondary N) is 1. The molecule has 0 saturated carbocycles. The molecule has 2 aromatic carbocycles. The second-order valence-corrected chi connectivity index (χ2v) is 3.60. The lowest BCUT2D eigenvalue weighted by atomic mass is 10.2. The molecule has 18 heavy (non-hydrogen) atoms. The average molecular weight is 253 g/mol. The molecule has 0 spiro atoms. The minimum atomic E-state index is -0.744. The van der Waals surface area contributed by atoms with Crippen molar-refractivity contribution in [3.63, 3.8) is 0 Å². The molecule has 0 heterocycles. The van der Waals surface area contributed by atoms with Crippen molar-refractivity contribution in [2.45, 2.75) is 0 Å². The van der Waals surface area contributed by atoms with Crippen LogP contribution in [-0.4, -0.2) is 7.11 Å². The van der Waals surface area contributed by atoms with Crippen LogP contribution in [0.4, 0.5) is 24.5 Å². The van der Waals surface area contributed by atoms with Crippen molar-refractivity contribution in [3.05, 3.63) is 53.8 Å². The molecule has 1 N–H and O–H groups in total. The third-order valence-electron chi connectivity index (χ3n) is 2.36. The topological polar surface area (TPSA) is 21.3 Å². The van der Waals surface area contributed by atoms with Crippen LogP contribution in [0.25, 0.3) is 0 Å². The molecule has 0 unspecified atom stereocenters. The summed E-state index contributed by atoms with van der Waals surface area (Å²) >= 11 is 0. The molecule has 2 aromatic rings. The Bertz CT molecular complexity index is 572. The van der Waals surface area contributed by atoms with Crippen molar-refractivity contribution in [3.8, 4) is 5.75 Å². The van der Waals surface area contributed by atoms with Crippen molar-refractivity contribution < 1.29 is 17.9 Å². The summed E-state index contributed by atoms with van der Waals surface area (Å²) in [6.07, 6.45) is 0. The van der Waals surface area contributed by atoms with Gasteiger partial charge in [0, 0.05) is 17.8 Å². The number of ether oxygens (including phenoxy) is 1. The number of methoxy groups -OCH3 is 1. The van der Waals surface area contributed by atoms with Gasteiger partial charge < -0.3 is 10.1 Å². The Labute approximate surface area is 102 Å². The van der Waals surface area contributed by atoms with Gasteiger partial charge in [0.1, 0.15) is 11.6 Å². The fourth-order valence-corrected chi connectivity index (χ4v) is 1.49. The van der Waals surface area contributed by atoms with Crippen LogP contribution in [0.15, 0.2) is 36.4 Å². The number of halogens is 3. The molecule has 2 nitrogen and oxygen atoms in total. The molecular formula is C13H10F3NO. The van der Waals surface area contributed by atoms with Crippen molar-refractivity contribution in [1.82, 2.24) is 0 Å². The average Bonchev–Trinajstić information content (AvgIpc) is 2.33. The Kier molecular flexibility index (Phi) is 3.41. The maximum Gasteiger partial charge on any atom is 0.167 e. The first kappa shape index (κ1) is 12.3. The molecule has 0 aromatic heterocycles. The van der Waals surface area contributed by atoms with E-state index in [1.807, 2.05) is 0 Å². The maximum atomic E-state index is 13.4. The summed E-state index contributed by atoms with van der Waals surface area (Å²) in [5, 5.41) is 2.65. The van der Waals surface area contributed by atoms with Gasteiger partial charge in [0.05, 0.1) is 12.8 Å². The molecule has 2 rings (SSSR count). The molecule has 94 valence electrons. The smallest absolute Gasteiger partial charge is 0.167 e. The highest BCUT2D eigenvalue weighted by Crippen LogP contribution is 2.25. The van der Waals surface area contributed by atoms with E-state index in [1.54, 1.807) is 0 Å². The van der Waals surface area contributed by atoms with Crippen LogP contribution in [0.2, 0.25) is 0 Å². The summed E-state index contributed by atoms with van der Waals surface area (Å²) in [6.45, 7) is 0. The van der Waals surface area contributed by atoms with Gasteiger partial charge in [-0.2, -0.15) is 0 Å². The lowest BCUT2D eigenvalue weighted by molar-refractivity contribution is 0.386. The Morgan fingerprint density at radius 3 is 2.33 bits per heavy atom. The van der Waals surface area contributed by atoms with E-state index >= 15 is 0 Å². The first-order chi connectivity index (χ1) is 8.60. The molecule has 0 aliphatic rings. The van der Waals surface area contributed by atoms with E-state index < -0.39 is 17.5 Å². The molecule has 0 amide bonds. The third-order valence-corrected chi connectivity index (χ3v) is 2.36. The standard InChI is InChI=1S/C13H10F3NO/c1-18-13-5-3-9(7-11(13)16)17-12-4-2-8(14)6-10(12)15/h2-7,17H,1H3. The second kappa shape index (κ2) is 5.00. The minimum Gasteiger partial charge on any atom is -0.494 e. The molecule has 0 aliphatic heterocycles. The summed E-state index contributed by atoms with van der Waals surface area (Å²) in [6, 6.07) is 7.23. The van der Waals surface area contributed by atoms with E-state index in [2.05, 4.69) is 5.32 Å². The lowest BCUT2D eigenvalue weighted by Gasteiger charge is -2.09. The number of anilines is 2. The normalized spacial score (nSPS) is 10.2. The van der Waals surface area contributed by atoms with Gasteiger partial charge in [-0.3, -0.25) is 0 Å². The highest BCUT2D eigenvalue weighted by atomic mass is 19.1. The van der Waals surface area contributed by atoms with Gasteiger partial charge in [-0.05, 0) is 24.3 Å². The van der Waals surface area contributed by atoms with Crippen LogP contribution in [0, 0.1) is 17.5 Å². The van der Waals surface area contributed by atoms with Gasteiger partial charge in [-0.25, -0.2) is 13.2 Å². The van der Waals surface area contributed by atoms with Gasteiger partial charge >= 0.3 is 0 Å². The third kappa shape index (κ3) is 2.56. The lowest BCUT2D eigenvalue weighted by Crippen LogP contribution is -1.96. The van der Waals surface area contributed by atoms with Crippen LogP contribution in [-0.2, 0) is 0 Å². The Morgan fingerprint density at radius 1 is 0.944 bits per heavy atom. The van der Waals surface area contributed by atoms with Gasteiger partial charge in [-0.1, -0.05) is 0 Å². The number of hydrogen-bond acceptors (Lipinski definition) is 2. The van der Waals surface area contributed by atoms with E-state index in [1.165, 1.54) is 31.4 Å². The highest BCUT2D eigenvalue weighted by Gasteiger charge is 2.07. The summed E-state index contributed by atoms with van der Waals surface area (Å²) in [4.78, 5) is 0. The summed E-state index contributed by atoms with van der Waals surface area (Å²) in [5.74, 6) is -1.88. The van der Waals surface area contributed by atoms with E-state index in [9.17, 15) is 13.2 Å². The zero-order valence-corrected chi connectivity index (χ0v) is 9.51. The Balaban J connectivity index is 2.26.